The van der Waals surface area contributed by atoms with Gasteiger partial charge in [-0.05, 0) is 95.0 Å². The highest BCUT2D eigenvalue weighted by molar-refractivity contribution is 14.1. The number of alkyl halides is 1. The number of aryl methyl sites for hydroxylation is 2. The van der Waals surface area contributed by atoms with Crippen molar-refractivity contribution in [3.05, 3.63) is 75.6 Å². The molecular formula is C32H36IN9O3. The highest BCUT2D eigenvalue weighted by atomic mass is 127. The number of fused-ring (bicyclic) bond motifs is 3. The fourth-order valence-corrected chi connectivity index (χ4v) is 7.98. The predicted octanol–water partition coefficient (Wildman–Crippen LogP) is 2.29. The molecule has 1 aliphatic heterocycles. The molecule has 3 aromatic rings. The minimum absolute atomic E-state index is 0.0658. The molecule has 2 aromatic carbocycles. The van der Waals surface area contributed by atoms with E-state index in [2.05, 4.69) is 54.6 Å². The number of aromatic amines is 1. The number of piperidine rings is 1. The fourth-order valence-electron chi connectivity index (χ4n) is 7.10. The summed E-state index contributed by atoms with van der Waals surface area (Å²) >= 11 is 2.32. The molecule has 3 aliphatic rings. The number of carbonyl (C=O) groups excluding carboxylic acids is 3. The van der Waals surface area contributed by atoms with Crippen LogP contribution in [0.2, 0.25) is 0 Å². The normalized spacial score (nSPS) is 21.4. The van der Waals surface area contributed by atoms with E-state index in [1.54, 1.807) is 42.9 Å². The Morgan fingerprint density at radius 3 is 2.16 bits per heavy atom. The first-order valence-electron chi connectivity index (χ1n) is 15.1. The van der Waals surface area contributed by atoms with E-state index in [0.717, 1.165) is 35.1 Å². The molecule has 13 heteroatoms. The zero-order chi connectivity index (χ0) is 32.0. The number of nitriles is 1. The third kappa shape index (κ3) is 5.58. The Morgan fingerprint density at radius 2 is 1.64 bits per heavy atom. The molecule has 2 heterocycles. The van der Waals surface area contributed by atoms with Crippen molar-refractivity contribution in [2.45, 2.75) is 53.7 Å². The van der Waals surface area contributed by atoms with Crippen molar-refractivity contribution in [3.63, 3.8) is 0 Å². The molecular weight excluding hydrogens is 685 g/mol. The van der Waals surface area contributed by atoms with Gasteiger partial charge >= 0.3 is 0 Å². The lowest BCUT2D eigenvalue weighted by atomic mass is 9.69. The van der Waals surface area contributed by atoms with Crippen LogP contribution in [-0.4, -0.2) is 104 Å². The van der Waals surface area contributed by atoms with Crippen molar-refractivity contribution < 1.29 is 14.4 Å². The molecule has 0 radical (unpaired) electrons. The van der Waals surface area contributed by atoms with E-state index < -0.39 is 5.41 Å². The summed E-state index contributed by atoms with van der Waals surface area (Å²) < 4.78 is -0.222. The summed E-state index contributed by atoms with van der Waals surface area (Å²) in [6, 6.07) is 13.7. The van der Waals surface area contributed by atoms with Gasteiger partial charge in [0.15, 0.2) is 5.82 Å². The van der Waals surface area contributed by atoms with Crippen LogP contribution in [0.3, 0.4) is 0 Å². The maximum Gasteiger partial charge on any atom is 0.253 e. The van der Waals surface area contributed by atoms with E-state index >= 15 is 0 Å². The second-order valence-electron chi connectivity index (χ2n) is 12.6. The highest BCUT2D eigenvalue weighted by Crippen LogP contribution is 2.49. The molecule has 1 saturated heterocycles. The molecule has 2 aliphatic carbocycles. The standard InChI is InChI=1S/C32H36IN9O3/c1-40(2)29(44)20-7-9-24-18(11-20)5-6-19-12-21(30(45)41(3)4)8-10-25(19)32(24,31-36-38-39-37-31)15-27(33)35-17-28(43)42-23(16-34)13-22-14-26(22)42/h7-12,22-23,26-27,35H,5-6,13-15,17H2,1-4H3,(H,36,37,38,39)/t22-,23?,26+,27+/m1/s1. The van der Waals surface area contributed by atoms with Crippen LogP contribution in [0.1, 0.15) is 68.1 Å². The number of nitrogens with zero attached hydrogens (tertiary/aromatic N) is 7. The van der Waals surface area contributed by atoms with E-state index in [1.165, 1.54) is 0 Å². The monoisotopic (exact) mass is 721 g/mol. The lowest BCUT2D eigenvalue weighted by Gasteiger charge is -2.36. The fraction of sp³-hybridized carbons (Fsp3) is 0.469. The number of tetrazole rings is 1. The van der Waals surface area contributed by atoms with Gasteiger partial charge in [0.05, 0.1) is 22.1 Å². The van der Waals surface area contributed by atoms with Crippen LogP contribution in [0, 0.1) is 17.2 Å². The van der Waals surface area contributed by atoms with Crippen molar-refractivity contribution in [1.29, 1.82) is 5.26 Å². The Hall–Kier alpha value is -3.90. The van der Waals surface area contributed by atoms with Gasteiger partial charge in [-0.15, -0.1) is 5.10 Å². The SMILES string of the molecule is CN(C)C(=O)c1ccc2c(c1)CCc1cc(C(=O)N(C)C)ccc1C2(C[C@@H](I)NCC(=O)N1C(C#N)C[C@@H]2C[C@@H]21)c1nnn[nH]1. The van der Waals surface area contributed by atoms with Crippen LogP contribution in [-0.2, 0) is 23.1 Å². The number of rotatable bonds is 8. The molecule has 2 fully saturated rings. The molecule has 3 amide bonds. The summed E-state index contributed by atoms with van der Waals surface area (Å²) in [6.07, 6.45) is 3.48. The lowest BCUT2D eigenvalue weighted by molar-refractivity contribution is -0.131. The van der Waals surface area contributed by atoms with E-state index in [9.17, 15) is 19.6 Å². The average molecular weight is 722 g/mol. The highest BCUT2D eigenvalue weighted by Gasteiger charge is 2.54. The van der Waals surface area contributed by atoms with Crippen molar-refractivity contribution in [2.24, 2.45) is 5.92 Å². The summed E-state index contributed by atoms with van der Waals surface area (Å²) in [5, 5.41) is 28.5. The molecule has 234 valence electrons. The van der Waals surface area contributed by atoms with Crippen LogP contribution in [0.5, 0.6) is 0 Å². The number of hydrogen-bond acceptors (Lipinski definition) is 8. The number of amides is 3. The van der Waals surface area contributed by atoms with E-state index in [-0.39, 0.29) is 40.4 Å². The molecule has 1 unspecified atom stereocenters. The molecule has 2 N–H and O–H groups in total. The van der Waals surface area contributed by atoms with Crippen molar-refractivity contribution in [2.75, 3.05) is 34.7 Å². The number of nitrogens with one attached hydrogen (secondary N) is 2. The number of likely N-dealkylation sites (tertiary alicyclic amines) is 1. The second kappa shape index (κ2) is 12.1. The molecule has 4 atom stereocenters. The van der Waals surface area contributed by atoms with Gasteiger partial charge in [0.2, 0.25) is 5.91 Å². The van der Waals surface area contributed by atoms with Crippen LogP contribution in [0.25, 0.3) is 0 Å². The molecule has 0 bridgehead atoms. The lowest BCUT2D eigenvalue weighted by Crippen LogP contribution is -2.46. The summed E-state index contributed by atoms with van der Waals surface area (Å²) in [5.41, 5.74) is 4.18. The van der Waals surface area contributed by atoms with Gasteiger partial charge in [-0.25, -0.2) is 5.10 Å². The first kappa shape index (κ1) is 31.1. The van der Waals surface area contributed by atoms with Crippen molar-refractivity contribution in [3.8, 4) is 6.07 Å². The van der Waals surface area contributed by atoms with Gasteiger partial charge in [0.25, 0.3) is 11.8 Å². The topological polar surface area (TPSA) is 151 Å². The van der Waals surface area contributed by atoms with Gasteiger partial charge < -0.3 is 14.7 Å². The number of carbonyl (C=O) groups is 3. The summed E-state index contributed by atoms with van der Waals surface area (Å²) in [4.78, 5) is 44.2. The Bertz CT molecular complexity index is 1610. The number of benzene rings is 2. The van der Waals surface area contributed by atoms with Gasteiger partial charge in [0, 0.05) is 45.4 Å². The zero-order valence-corrected chi connectivity index (χ0v) is 27.9. The Kier molecular flexibility index (Phi) is 8.38. The van der Waals surface area contributed by atoms with Gasteiger partial charge in [0.1, 0.15) is 6.04 Å². The van der Waals surface area contributed by atoms with Crippen LogP contribution < -0.4 is 5.32 Å². The Morgan fingerprint density at radius 1 is 1.04 bits per heavy atom. The number of aromatic nitrogens is 4. The molecule has 6 rings (SSSR count). The van der Waals surface area contributed by atoms with Crippen LogP contribution in [0.4, 0.5) is 0 Å². The average Bonchev–Trinajstić information content (AvgIpc) is 3.42. The van der Waals surface area contributed by atoms with Crippen LogP contribution in [0.15, 0.2) is 36.4 Å². The van der Waals surface area contributed by atoms with Gasteiger partial charge in [-0.1, -0.05) is 34.7 Å². The Labute approximate surface area is 275 Å². The van der Waals surface area contributed by atoms with E-state index in [4.69, 9.17) is 0 Å². The maximum absolute atomic E-state index is 13.3. The first-order chi connectivity index (χ1) is 21.5. The first-order valence-corrected chi connectivity index (χ1v) is 16.3. The summed E-state index contributed by atoms with van der Waals surface area (Å²) in [7, 11) is 6.93. The third-order valence-corrected chi connectivity index (χ3v) is 10.2. The zero-order valence-electron chi connectivity index (χ0n) is 25.7. The second-order valence-corrected chi connectivity index (χ2v) is 14.1. The quantitative estimate of drug-likeness (QED) is 0.205. The Balaban J connectivity index is 1.42. The largest absolute Gasteiger partial charge is 0.345 e. The van der Waals surface area contributed by atoms with Crippen molar-refractivity contribution in [1.82, 2.24) is 40.6 Å². The molecule has 0 spiro atoms. The molecule has 12 nitrogen and oxygen atoms in total. The number of hydrogen-bond donors (Lipinski definition) is 2. The molecule has 1 saturated carbocycles. The molecule has 45 heavy (non-hydrogen) atoms. The minimum Gasteiger partial charge on any atom is -0.345 e. The van der Waals surface area contributed by atoms with Crippen LogP contribution >= 0.6 is 22.6 Å². The number of halogens is 1. The molecule has 1 aromatic heterocycles. The third-order valence-electron chi connectivity index (χ3n) is 9.35. The smallest absolute Gasteiger partial charge is 0.253 e. The predicted molar refractivity (Wildman–Crippen MR) is 174 cm³/mol. The summed E-state index contributed by atoms with van der Waals surface area (Å²) in [6.45, 7) is 0.103. The van der Waals surface area contributed by atoms with E-state index in [1.807, 2.05) is 36.4 Å². The maximum atomic E-state index is 13.3. The number of H-pyrrole nitrogens is 1. The van der Waals surface area contributed by atoms with Gasteiger partial charge in [-0.3, -0.25) is 19.7 Å². The van der Waals surface area contributed by atoms with E-state index in [0.29, 0.717) is 42.1 Å². The van der Waals surface area contributed by atoms with Gasteiger partial charge in [-0.2, -0.15) is 5.26 Å². The summed E-state index contributed by atoms with van der Waals surface area (Å²) in [5.74, 6) is 0.734. The van der Waals surface area contributed by atoms with Crippen molar-refractivity contribution >= 4 is 40.3 Å². The minimum atomic E-state index is -0.892.